The maximum absolute atomic E-state index is 5.52. The van der Waals surface area contributed by atoms with Gasteiger partial charge < -0.3 is 10.1 Å². The molecule has 11 heavy (non-hydrogen) atoms. The molecule has 0 aromatic heterocycles. The predicted octanol–water partition coefficient (Wildman–Crippen LogP) is 1.80. The minimum absolute atomic E-state index is 0.421. The van der Waals surface area contributed by atoms with E-state index in [1.165, 1.54) is 12.8 Å². The summed E-state index contributed by atoms with van der Waals surface area (Å²) in [7, 11) is 0. The fourth-order valence-corrected chi connectivity index (χ4v) is 1.11. The Bertz CT molecular complexity index is 70.0. The Morgan fingerprint density at radius 1 is 1.27 bits per heavy atom. The lowest BCUT2D eigenvalue weighted by Crippen LogP contribution is -2.28. The van der Waals surface area contributed by atoms with Gasteiger partial charge in [0.25, 0.3) is 0 Å². The fourth-order valence-electron chi connectivity index (χ4n) is 1.11. The smallest absolute Gasteiger partial charge is 0.0699 e. The fraction of sp³-hybridized carbons (Fsp3) is 1.00. The summed E-state index contributed by atoms with van der Waals surface area (Å²) in [6, 6.07) is 0. The monoisotopic (exact) mass is 159 g/mol. The highest BCUT2D eigenvalue weighted by atomic mass is 16.5. The summed E-state index contributed by atoms with van der Waals surface area (Å²) in [5.41, 5.74) is 0. The van der Waals surface area contributed by atoms with Crippen LogP contribution in [0.15, 0.2) is 0 Å². The lowest BCUT2D eigenvalue weighted by molar-refractivity contribution is 0.0567. The summed E-state index contributed by atoms with van der Waals surface area (Å²) in [4.78, 5) is 0. The molecular weight excluding hydrogens is 138 g/mol. The molecular formula is C9H21NO. The van der Waals surface area contributed by atoms with Gasteiger partial charge in [-0.25, -0.2) is 0 Å². The standard InChI is InChI=1S/C9H21NO/c1-4-7-9(11-6-3)8-10-5-2/h9-10H,4-8H2,1-3H3. The van der Waals surface area contributed by atoms with E-state index in [2.05, 4.69) is 26.1 Å². The van der Waals surface area contributed by atoms with E-state index in [9.17, 15) is 0 Å². The van der Waals surface area contributed by atoms with E-state index in [1.807, 2.05) is 0 Å². The molecule has 0 rings (SSSR count). The minimum Gasteiger partial charge on any atom is -0.377 e. The summed E-state index contributed by atoms with van der Waals surface area (Å²) in [5.74, 6) is 0. The van der Waals surface area contributed by atoms with Gasteiger partial charge in [0.1, 0.15) is 0 Å². The highest BCUT2D eigenvalue weighted by Crippen LogP contribution is 2.00. The molecule has 0 spiro atoms. The van der Waals surface area contributed by atoms with Crippen molar-refractivity contribution in [3.8, 4) is 0 Å². The summed E-state index contributed by atoms with van der Waals surface area (Å²) < 4.78 is 5.52. The van der Waals surface area contributed by atoms with Gasteiger partial charge in [-0.1, -0.05) is 20.3 Å². The largest absolute Gasteiger partial charge is 0.377 e. The highest BCUT2D eigenvalue weighted by Gasteiger charge is 2.04. The Kier molecular flexibility index (Phi) is 7.96. The Hall–Kier alpha value is -0.0800. The van der Waals surface area contributed by atoms with Crippen LogP contribution in [0.25, 0.3) is 0 Å². The van der Waals surface area contributed by atoms with Gasteiger partial charge in [-0.2, -0.15) is 0 Å². The third-order valence-electron chi connectivity index (χ3n) is 1.64. The third-order valence-corrected chi connectivity index (χ3v) is 1.64. The first-order valence-electron chi connectivity index (χ1n) is 4.67. The molecule has 0 bridgehead atoms. The van der Waals surface area contributed by atoms with Crippen molar-refractivity contribution in [2.24, 2.45) is 0 Å². The zero-order chi connectivity index (χ0) is 8.53. The van der Waals surface area contributed by atoms with Crippen LogP contribution in [0.4, 0.5) is 0 Å². The van der Waals surface area contributed by atoms with Crippen molar-refractivity contribution in [2.45, 2.75) is 39.7 Å². The number of hydrogen-bond acceptors (Lipinski definition) is 2. The topological polar surface area (TPSA) is 21.3 Å². The van der Waals surface area contributed by atoms with E-state index in [0.717, 1.165) is 19.7 Å². The first kappa shape index (κ1) is 10.9. The van der Waals surface area contributed by atoms with Crippen molar-refractivity contribution in [3.05, 3.63) is 0 Å². The quantitative estimate of drug-likeness (QED) is 0.611. The normalized spacial score (nSPS) is 13.4. The first-order valence-corrected chi connectivity index (χ1v) is 4.67. The molecule has 0 saturated carbocycles. The molecule has 0 aromatic rings. The van der Waals surface area contributed by atoms with Crippen LogP contribution >= 0.6 is 0 Å². The second-order valence-corrected chi connectivity index (χ2v) is 2.67. The maximum atomic E-state index is 5.52. The predicted molar refractivity (Wildman–Crippen MR) is 48.9 cm³/mol. The van der Waals surface area contributed by atoms with Crippen molar-refractivity contribution in [1.82, 2.24) is 5.32 Å². The van der Waals surface area contributed by atoms with Crippen molar-refractivity contribution in [3.63, 3.8) is 0 Å². The number of nitrogens with one attached hydrogen (secondary N) is 1. The van der Waals surface area contributed by atoms with E-state index in [1.54, 1.807) is 0 Å². The Morgan fingerprint density at radius 2 is 2.00 bits per heavy atom. The van der Waals surface area contributed by atoms with Gasteiger partial charge in [0, 0.05) is 13.2 Å². The average molecular weight is 159 g/mol. The summed E-state index contributed by atoms with van der Waals surface area (Å²) in [5, 5.41) is 3.29. The summed E-state index contributed by atoms with van der Waals surface area (Å²) in [6.45, 7) is 9.23. The molecule has 68 valence electrons. The van der Waals surface area contributed by atoms with Crippen molar-refractivity contribution in [1.29, 1.82) is 0 Å². The zero-order valence-corrected chi connectivity index (χ0v) is 8.02. The Morgan fingerprint density at radius 3 is 2.45 bits per heavy atom. The van der Waals surface area contributed by atoms with Crippen LogP contribution in [0.5, 0.6) is 0 Å². The third kappa shape index (κ3) is 6.32. The second kappa shape index (κ2) is 8.02. The molecule has 0 saturated heterocycles. The van der Waals surface area contributed by atoms with Crippen molar-refractivity contribution < 1.29 is 4.74 Å². The number of ether oxygens (including phenoxy) is 1. The van der Waals surface area contributed by atoms with Gasteiger partial charge >= 0.3 is 0 Å². The van der Waals surface area contributed by atoms with Crippen LogP contribution in [0.1, 0.15) is 33.6 Å². The van der Waals surface area contributed by atoms with Gasteiger partial charge in [-0.15, -0.1) is 0 Å². The Balaban J connectivity index is 3.34. The van der Waals surface area contributed by atoms with Gasteiger partial charge in [-0.3, -0.25) is 0 Å². The second-order valence-electron chi connectivity index (χ2n) is 2.67. The van der Waals surface area contributed by atoms with Crippen LogP contribution in [-0.4, -0.2) is 25.8 Å². The molecule has 1 unspecified atom stereocenters. The molecule has 1 N–H and O–H groups in total. The van der Waals surface area contributed by atoms with E-state index in [4.69, 9.17) is 4.74 Å². The van der Waals surface area contributed by atoms with Crippen LogP contribution in [-0.2, 0) is 4.74 Å². The molecule has 0 fully saturated rings. The molecule has 1 atom stereocenters. The van der Waals surface area contributed by atoms with Gasteiger partial charge in [0.15, 0.2) is 0 Å². The van der Waals surface area contributed by atoms with Crippen LogP contribution in [0, 0.1) is 0 Å². The van der Waals surface area contributed by atoms with Gasteiger partial charge in [0.05, 0.1) is 6.10 Å². The van der Waals surface area contributed by atoms with Crippen molar-refractivity contribution in [2.75, 3.05) is 19.7 Å². The molecule has 0 aliphatic heterocycles. The number of hydrogen-bond donors (Lipinski definition) is 1. The molecule has 2 nitrogen and oxygen atoms in total. The summed E-state index contributed by atoms with van der Waals surface area (Å²) >= 11 is 0. The van der Waals surface area contributed by atoms with Crippen LogP contribution in [0.3, 0.4) is 0 Å². The maximum Gasteiger partial charge on any atom is 0.0699 e. The van der Waals surface area contributed by atoms with Crippen LogP contribution in [0.2, 0.25) is 0 Å². The summed E-state index contributed by atoms with van der Waals surface area (Å²) in [6.07, 6.45) is 2.79. The minimum atomic E-state index is 0.421. The number of rotatable bonds is 7. The van der Waals surface area contributed by atoms with E-state index >= 15 is 0 Å². The van der Waals surface area contributed by atoms with Crippen LogP contribution < -0.4 is 5.32 Å². The lowest BCUT2D eigenvalue weighted by atomic mass is 10.2. The first-order chi connectivity index (χ1) is 5.35. The van der Waals surface area contributed by atoms with E-state index in [0.29, 0.717) is 6.10 Å². The SMILES string of the molecule is CCCC(CNCC)OCC. The van der Waals surface area contributed by atoms with Crippen molar-refractivity contribution >= 4 is 0 Å². The molecule has 0 aromatic carbocycles. The zero-order valence-electron chi connectivity index (χ0n) is 8.02. The highest BCUT2D eigenvalue weighted by molar-refractivity contribution is 4.59. The molecule has 0 aliphatic rings. The lowest BCUT2D eigenvalue weighted by Gasteiger charge is -2.15. The van der Waals surface area contributed by atoms with E-state index < -0.39 is 0 Å². The van der Waals surface area contributed by atoms with E-state index in [-0.39, 0.29) is 0 Å². The number of likely N-dealkylation sites (N-methyl/N-ethyl adjacent to an activating group) is 1. The molecule has 0 heterocycles. The molecule has 0 radical (unpaired) electrons. The average Bonchev–Trinajstić information content (AvgIpc) is 2.01. The van der Waals surface area contributed by atoms with Gasteiger partial charge in [-0.05, 0) is 19.9 Å². The molecule has 2 heteroatoms. The van der Waals surface area contributed by atoms with Gasteiger partial charge in [0.2, 0.25) is 0 Å². The Labute approximate surface area is 70.3 Å². The molecule has 0 amide bonds. The molecule has 0 aliphatic carbocycles.